The summed E-state index contributed by atoms with van der Waals surface area (Å²) in [5, 5.41) is 8.95. The zero-order valence-corrected chi connectivity index (χ0v) is 10.6. The van der Waals surface area contributed by atoms with Crippen LogP contribution in [0.1, 0.15) is 24.8 Å². The van der Waals surface area contributed by atoms with Crippen LogP contribution < -0.4 is 9.47 Å². The lowest BCUT2D eigenvalue weighted by Crippen LogP contribution is -2.17. The minimum absolute atomic E-state index is 0.142. The van der Waals surface area contributed by atoms with Crippen molar-refractivity contribution in [2.75, 3.05) is 14.2 Å². The van der Waals surface area contributed by atoms with E-state index in [1.807, 2.05) is 0 Å². The first-order valence-electron chi connectivity index (χ1n) is 5.77. The highest BCUT2D eigenvalue weighted by atomic mass is 19.1. The molecule has 6 heteroatoms. The Bertz CT molecular complexity index is 496. The maximum Gasteiger partial charge on any atom is 0.304 e. The van der Waals surface area contributed by atoms with Crippen molar-refractivity contribution < 1.29 is 28.2 Å². The van der Waals surface area contributed by atoms with Crippen molar-refractivity contribution in [1.29, 1.82) is 0 Å². The summed E-state index contributed by atoms with van der Waals surface area (Å²) in [5.41, 5.74) is -0.622. The SMILES string of the molecule is COc1c(F)cc(F)c(OC)c1C1(CC(=O)O)CC1. The van der Waals surface area contributed by atoms with E-state index in [0.29, 0.717) is 18.9 Å². The zero-order chi connectivity index (χ0) is 14.2. The second-order valence-corrected chi connectivity index (χ2v) is 4.63. The summed E-state index contributed by atoms with van der Waals surface area (Å²) >= 11 is 0. The van der Waals surface area contributed by atoms with Crippen LogP contribution in [0.25, 0.3) is 0 Å². The molecule has 0 unspecified atom stereocenters. The summed E-state index contributed by atoms with van der Waals surface area (Å²) in [6, 6.07) is 0.679. The summed E-state index contributed by atoms with van der Waals surface area (Å²) in [6.45, 7) is 0. The molecule has 0 atom stereocenters. The number of halogens is 2. The molecule has 104 valence electrons. The van der Waals surface area contributed by atoms with Crippen molar-refractivity contribution in [2.24, 2.45) is 0 Å². The van der Waals surface area contributed by atoms with Gasteiger partial charge in [-0.15, -0.1) is 0 Å². The van der Waals surface area contributed by atoms with Gasteiger partial charge in [0.2, 0.25) is 0 Å². The fraction of sp³-hybridized carbons (Fsp3) is 0.462. The van der Waals surface area contributed by atoms with Gasteiger partial charge in [-0.05, 0) is 12.8 Å². The Hall–Kier alpha value is -1.85. The maximum absolute atomic E-state index is 13.8. The Morgan fingerprint density at radius 3 is 2.05 bits per heavy atom. The number of hydrogen-bond donors (Lipinski definition) is 1. The van der Waals surface area contributed by atoms with Crippen molar-refractivity contribution in [3.63, 3.8) is 0 Å². The third kappa shape index (κ3) is 2.22. The first-order chi connectivity index (χ1) is 8.95. The van der Waals surface area contributed by atoms with Gasteiger partial charge < -0.3 is 14.6 Å². The predicted molar refractivity (Wildman–Crippen MR) is 62.6 cm³/mol. The smallest absolute Gasteiger partial charge is 0.304 e. The van der Waals surface area contributed by atoms with Crippen LogP contribution in [-0.2, 0) is 10.2 Å². The molecule has 0 radical (unpaired) electrons. The van der Waals surface area contributed by atoms with Gasteiger partial charge >= 0.3 is 5.97 Å². The highest BCUT2D eigenvalue weighted by molar-refractivity contribution is 5.71. The van der Waals surface area contributed by atoms with Gasteiger partial charge in [-0.3, -0.25) is 4.79 Å². The van der Waals surface area contributed by atoms with Crippen LogP contribution in [0.2, 0.25) is 0 Å². The molecule has 1 aromatic rings. The van der Waals surface area contributed by atoms with Crippen molar-refractivity contribution in [1.82, 2.24) is 0 Å². The molecule has 4 nitrogen and oxygen atoms in total. The van der Waals surface area contributed by atoms with Crippen LogP contribution in [0.5, 0.6) is 11.5 Å². The van der Waals surface area contributed by atoms with Crippen molar-refractivity contribution in [3.05, 3.63) is 23.3 Å². The molecule has 0 spiro atoms. The molecular formula is C13H14F2O4. The fourth-order valence-corrected chi connectivity index (χ4v) is 2.42. The molecule has 1 aliphatic rings. The van der Waals surface area contributed by atoms with Gasteiger partial charge in [0.15, 0.2) is 23.1 Å². The van der Waals surface area contributed by atoms with Crippen molar-refractivity contribution in [2.45, 2.75) is 24.7 Å². The van der Waals surface area contributed by atoms with Crippen LogP contribution in [0.15, 0.2) is 6.07 Å². The molecule has 1 fully saturated rings. The minimum Gasteiger partial charge on any atom is -0.493 e. The first kappa shape index (κ1) is 13.6. The van der Waals surface area contributed by atoms with Gasteiger partial charge in [0, 0.05) is 17.0 Å². The molecule has 1 aliphatic carbocycles. The second kappa shape index (κ2) is 4.68. The highest BCUT2D eigenvalue weighted by Crippen LogP contribution is 2.57. The summed E-state index contributed by atoms with van der Waals surface area (Å²) in [6.07, 6.45) is 0.868. The molecule has 1 aromatic carbocycles. The lowest BCUT2D eigenvalue weighted by atomic mass is 9.90. The van der Waals surface area contributed by atoms with Crippen LogP contribution in [0, 0.1) is 11.6 Å². The normalized spacial score (nSPS) is 16.0. The maximum atomic E-state index is 13.8. The van der Waals surface area contributed by atoms with Crippen LogP contribution in [-0.4, -0.2) is 25.3 Å². The molecule has 0 heterocycles. The lowest BCUT2D eigenvalue weighted by Gasteiger charge is -2.21. The number of hydrogen-bond acceptors (Lipinski definition) is 3. The monoisotopic (exact) mass is 272 g/mol. The summed E-state index contributed by atoms with van der Waals surface area (Å²) in [7, 11) is 2.52. The fourth-order valence-electron chi connectivity index (χ4n) is 2.42. The van der Waals surface area contributed by atoms with Gasteiger partial charge in [-0.2, -0.15) is 0 Å². The Kier molecular flexibility index (Phi) is 3.34. The average Bonchev–Trinajstić information content (AvgIpc) is 3.08. The number of methoxy groups -OCH3 is 2. The number of aliphatic carboxylic acids is 1. The van der Waals surface area contributed by atoms with E-state index < -0.39 is 23.0 Å². The predicted octanol–water partition coefficient (Wildman–Crippen LogP) is 2.49. The lowest BCUT2D eigenvalue weighted by molar-refractivity contribution is -0.137. The summed E-state index contributed by atoms with van der Waals surface area (Å²) in [4.78, 5) is 10.9. The van der Waals surface area contributed by atoms with E-state index in [1.165, 1.54) is 14.2 Å². The van der Waals surface area contributed by atoms with Crippen LogP contribution >= 0.6 is 0 Å². The third-order valence-electron chi connectivity index (χ3n) is 3.42. The molecule has 1 saturated carbocycles. The van der Waals surface area contributed by atoms with Gasteiger partial charge in [0.1, 0.15) is 0 Å². The number of ether oxygens (including phenoxy) is 2. The summed E-state index contributed by atoms with van der Waals surface area (Å²) < 4.78 is 37.4. The molecule has 0 saturated heterocycles. The molecule has 0 aliphatic heterocycles. The Morgan fingerprint density at radius 1 is 1.26 bits per heavy atom. The topological polar surface area (TPSA) is 55.8 Å². The second-order valence-electron chi connectivity index (χ2n) is 4.63. The van der Waals surface area contributed by atoms with E-state index in [-0.39, 0.29) is 23.5 Å². The van der Waals surface area contributed by atoms with Crippen LogP contribution in [0.3, 0.4) is 0 Å². The number of carbonyl (C=O) groups is 1. The van der Waals surface area contributed by atoms with Gasteiger partial charge in [0.25, 0.3) is 0 Å². The molecule has 2 rings (SSSR count). The molecule has 19 heavy (non-hydrogen) atoms. The quantitative estimate of drug-likeness (QED) is 0.894. The number of carboxylic acids is 1. The molecule has 0 aromatic heterocycles. The molecule has 1 N–H and O–H groups in total. The van der Waals surface area contributed by atoms with E-state index in [9.17, 15) is 13.6 Å². The Balaban J connectivity index is 2.63. The number of rotatable bonds is 5. The van der Waals surface area contributed by atoms with E-state index >= 15 is 0 Å². The molecular weight excluding hydrogens is 258 g/mol. The van der Waals surface area contributed by atoms with Crippen molar-refractivity contribution in [3.8, 4) is 11.5 Å². The van der Waals surface area contributed by atoms with E-state index in [4.69, 9.17) is 14.6 Å². The van der Waals surface area contributed by atoms with Gasteiger partial charge in [-0.25, -0.2) is 8.78 Å². The number of benzene rings is 1. The van der Waals surface area contributed by atoms with Crippen molar-refractivity contribution >= 4 is 5.97 Å². The standard InChI is InChI=1S/C13H14F2O4/c1-18-11-7(14)5-8(15)12(19-2)10(11)13(3-4-13)6-9(16)17/h5H,3-4,6H2,1-2H3,(H,16,17). The average molecular weight is 272 g/mol. The van der Waals surface area contributed by atoms with E-state index in [1.54, 1.807) is 0 Å². The van der Waals surface area contributed by atoms with Gasteiger partial charge in [0.05, 0.1) is 20.6 Å². The Labute approximate surface area is 108 Å². The third-order valence-corrected chi connectivity index (χ3v) is 3.42. The zero-order valence-electron chi connectivity index (χ0n) is 10.6. The summed E-state index contributed by atoms with van der Waals surface area (Å²) in [5.74, 6) is -3.01. The van der Waals surface area contributed by atoms with Crippen LogP contribution in [0.4, 0.5) is 8.78 Å². The highest BCUT2D eigenvalue weighted by Gasteiger charge is 2.51. The minimum atomic E-state index is -1.02. The van der Waals surface area contributed by atoms with E-state index in [0.717, 1.165) is 0 Å². The number of carboxylic acid groups (broad SMARTS) is 1. The molecule has 0 amide bonds. The molecule has 0 bridgehead atoms. The largest absolute Gasteiger partial charge is 0.493 e. The first-order valence-corrected chi connectivity index (χ1v) is 5.77. The van der Waals surface area contributed by atoms with Gasteiger partial charge in [-0.1, -0.05) is 0 Å². The van der Waals surface area contributed by atoms with E-state index in [2.05, 4.69) is 0 Å². The Morgan fingerprint density at radius 2 is 1.74 bits per heavy atom.